The first kappa shape index (κ1) is 15.8. The summed E-state index contributed by atoms with van der Waals surface area (Å²) >= 11 is 0. The highest BCUT2D eigenvalue weighted by molar-refractivity contribution is 5.99. The van der Waals surface area contributed by atoms with E-state index in [1.807, 2.05) is 32.0 Å². The number of rotatable bonds is 5. The highest BCUT2D eigenvalue weighted by Crippen LogP contribution is 2.18. The Hall–Kier alpha value is -1.55. The molecule has 0 radical (unpaired) electrons. The molecule has 0 aromatic heterocycles. The fraction of sp³-hybridized carbons (Fsp3) is 0.588. The lowest BCUT2D eigenvalue weighted by Gasteiger charge is -2.32. The van der Waals surface area contributed by atoms with Gasteiger partial charge in [-0.1, -0.05) is 18.1 Å². The van der Waals surface area contributed by atoms with Crippen LogP contribution >= 0.6 is 0 Å². The maximum Gasteiger partial charge on any atom is 0.253 e. The standard InChI is InChI=1S/C17H27N3O/c1-4-18-16-9-8-13(2)11-15(16)17(21)19-12-14-7-5-6-10-20(14)3/h8-9,11,14,18H,4-7,10,12H2,1-3H3,(H,19,21). The number of hydrogen-bond acceptors (Lipinski definition) is 3. The minimum absolute atomic E-state index is 0.0219. The first-order valence-electron chi connectivity index (χ1n) is 7.94. The molecule has 0 spiro atoms. The van der Waals surface area contributed by atoms with Crippen molar-refractivity contribution in [2.75, 3.05) is 32.0 Å². The van der Waals surface area contributed by atoms with Gasteiger partial charge in [0.1, 0.15) is 0 Å². The van der Waals surface area contributed by atoms with Crippen LogP contribution in [-0.2, 0) is 0 Å². The third-order valence-electron chi connectivity index (χ3n) is 4.21. The smallest absolute Gasteiger partial charge is 0.253 e. The number of hydrogen-bond donors (Lipinski definition) is 2. The molecular weight excluding hydrogens is 262 g/mol. The van der Waals surface area contributed by atoms with Crippen molar-refractivity contribution in [3.8, 4) is 0 Å². The number of carbonyl (C=O) groups excluding carboxylic acids is 1. The van der Waals surface area contributed by atoms with Crippen LogP contribution in [0.1, 0.15) is 42.1 Å². The SMILES string of the molecule is CCNc1ccc(C)cc1C(=O)NCC1CCCCN1C. The summed E-state index contributed by atoms with van der Waals surface area (Å²) in [5, 5.41) is 6.36. The molecule has 116 valence electrons. The van der Waals surface area contributed by atoms with E-state index < -0.39 is 0 Å². The zero-order valence-corrected chi connectivity index (χ0v) is 13.4. The van der Waals surface area contributed by atoms with Gasteiger partial charge in [0, 0.05) is 24.8 Å². The first-order chi connectivity index (χ1) is 10.1. The lowest BCUT2D eigenvalue weighted by Crippen LogP contribution is -2.44. The maximum atomic E-state index is 12.5. The number of carbonyl (C=O) groups is 1. The van der Waals surface area contributed by atoms with E-state index in [1.165, 1.54) is 19.3 Å². The molecule has 1 aromatic rings. The van der Waals surface area contributed by atoms with E-state index in [4.69, 9.17) is 0 Å². The van der Waals surface area contributed by atoms with E-state index in [9.17, 15) is 4.79 Å². The molecule has 4 heteroatoms. The molecule has 1 unspecified atom stereocenters. The topological polar surface area (TPSA) is 44.4 Å². The van der Waals surface area contributed by atoms with E-state index in [2.05, 4.69) is 22.6 Å². The number of nitrogens with zero attached hydrogens (tertiary/aromatic N) is 1. The van der Waals surface area contributed by atoms with Crippen LogP contribution in [-0.4, -0.2) is 43.5 Å². The van der Waals surface area contributed by atoms with Crippen molar-refractivity contribution in [1.82, 2.24) is 10.2 Å². The van der Waals surface area contributed by atoms with Crippen molar-refractivity contribution in [1.29, 1.82) is 0 Å². The van der Waals surface area contributed by atoms with E-state index in [0.717, 1.165) is 36.4 Å². The van der Waals surface area contributed by atoms with Crippen LogP contribution in [0.5, 0.6) is 0 Å². The van der Waals surface area contributed by atoms with Crippen molar-refractivity contribution in [3.05, 3.63) is 29.3 Å². The average Bonchev–Trinajstić information content (AvgIpc) is 2.48. The molecule has 2 N–H and O–H groups in total. The summed E-state index contributed by atoms with van der Waals surface area (Å²) in [6, 6.07) is 6.44. The summed E-state index contributed by atoms with van der Waals surface area (Å²) in [5.74, 6) is 0.0219. The predicted octanol–water partition coefficient (Wildman–Crippen LogP) is 2.64. The van der Waals surface area contributed by atoms with Crippen molar-refractivity contribution in [2.45, 2.75) is 39.2 Å². The van der Waals surface area contributed by atoms with Crippen molar-refractivity contribution in [3.63, 3.8) is 0 Å². The molecule has 0 bridgehead atoms. The minimum atomic E-state index is 0.0219. The Bertz CT molecular complexity index is 487. The van der Waals surface area contributed by atoms with Crippen molar-refractivity contribution >= 4 is 11.6 Å². The van der Waals surface area contributed by atoms with Gasteiger partial charge in [-0.15, -0.1) is 0 Å². The fourth-order valence-corrected chi connectivity index (χ4v) is 2.90. The molecule has 1 atom stereocenters. The molecule has 0 aliphatic carbocycles. The summed E-state index contributed by atoms with van der Waals surface area (Å²) in [5.41, 5.74) is 2.77. The second-order valence-corrected chi connectivity index (χ2v) is 5.92. The third-order valence-corrected chi connectivity index (χ3v) is 4.21. The molecule has 1 amide bonds. The summed E-state index contributed by atoms with van der Waals surface area (Å²) in [4.78, 5) is 14.8. The summed E-state index contributed by atoms with van der Waals surface area (Å²) in [6.07, 6.45) is 3.70. The van der Waals surface area contributed by atoms with Gasteiger partial charge in [-0.25, -0.2) is 0 Å². The number of aryl methyl sites for hydroxylation is 1. The van der Waals surface area contributed by atoms with Crippen LogP contribution in [0.2, 0.25) is 0 Å². The number of likely N-dealkylation sites (N-methyl/N-ethyl adjacent to an activating group) is 1. The van der Waals surface area contributed by atoms with E-state index in [-0.39, 0.29) is 5.91 Å². The van der Waals surface area contributed by atoms with Crippen LogP contribution < -0.4 is 10.6 Å². The molecule has 1 heterocycles. The number of likely N-dealkylation sites (tertiary alicyclic amines) is 1. The van der Waals surface area contributed by atoms with Crippen LogP contribution in [0.15, 0.2) is 18.2 Å². The normalized spacial score (nSPS) is 19.3. The Morgan fingerprint density at radius 3 is 2.90 bits per heavy atom. The first-order valence-corrected chi connectivity index (χ1v) is 7.94. The van der Waals surface area contributed by atoms with Gasteiger partial charge in [-0.2, -0.15) is 0 Å². The molecule has 0 saturated carbocycles. The van der Waals surface area contributed by atoms with Crippen LogP contribution in [0.4, 0.5) is 5.69 Å². The van der Waals surface area contributed by atoms with Crippen LogP contribution in [0.3, 0.4) is 0 Å². The molecule has 1 aliphatic heterocycles. The molecule has 1 aliphatic rings. The zero-order valence-electron chi connectivity index (χ0n) is 13.4. The van der Waals surface area contributed by atoms with Gasteiger partial charge in [-0.3, -0.25) is 4.79 Å². The highest BCUT2D eigenvalue weighted by atomic mass is 16.1. The predicted molar refractivity (Wildman–Crippen MR) is 87.9 cm³/mol. The van der Waals surface area contributed by atoms with Gasteiger partial charge < -0.3 is 15.5 Å². The number of anilines is 1. The Balaban J connectivity index is 2.00. The van der Waals surface area contributed by atoms with Crippen molar-refractivity contribution < 1.29 is 4.79 Å². The fourth-order valence-electron chi connectivity index (χ4n) is 2.90. The molecule has 2 rings (SSSR count). The minimum Gasteiger partial charge on any atom is -0.385 e. The molecule has 1 aromatic carbocycles. The molecular formula is C17H27N3O. The number of benzene rings is 1. The number of amides is 1. The van der Waals surface area contributed by atoms with E-state index >= 15 is 0 Å². The van der Waals surface area contributed by atoms with Crippen LogP contribution in [0.25, 0.3) is 0 Å². The van der Waals surface area contributed by atoms with Gasteiger partial charge in [0.2, 0.25) is 0 Å². The highest BCUT2D eigenvalue weighted by Gasteiger charge is 2.20. The second-order valence-electron chi connectivity index (χ2n) is 5.92. The largest absolute Gasteiger partial charge is 0.385 e. The van der Waals surface area contributed by atoms with Crippen LogP contribution in [0, 0.1) is 6.92 Å². The summed E-state index contributed by atoms with van der Waals surface area (Å²) in [7, 11) is 2.15. The summed E-state index contributed by atoms with van der Waals surface area (Å²) < 4.78 is 0. The summed E-state index contributed by atoms with van der Waals surface area (Å²) in [6.45, 7) is 6.73. The second kappa shape index (κ2) is 7.46. The molecule has 4 nitrogen and oxygen atoms in total. The zero-order chi connectivity index (χ0) is 15.2. The molecule has 1 saturated heterocycles. The van der Waals surface area contributed by atoms with E-state index in [1.54, 1.807) is 0 Å². The molecule has 21 heavy (non-hydrogen) atoms. The van der Waals surface area contributed by atoms with E-state index in [0.29, 0.717) is 6.04 Å². The number of nitrogens with one attached hydrogen (secondary N) is 2. The van der Waals surface area contributed by atoms with Gasteiger partial charge >= 0.3 is 0 Å². The van der Waals surface area contributed by atoms with Gasteiger partial charge in [0.15, 0.2) is 0 Å². The Morgan fingerprint density at radius 1 is 1.38 bits per heavy atom. The third kappa shape index (κ3) is 4.21. The maximum absolute atomic E-state index is 12.5. The van der Waals surface area contributed by atoms with Gasteiger partial charge in [0.05, 0.1) is 5.56 Å². The molecule has 1 fully saturated rings. The quantitative estimate of drug-likeness (QED) is 0.876. The Morgan fingerprint density at radius 2 is 2.19 bits per heavy atom. The lowest BCUT2D eigenvalue weighted by molar-refractivity contribution is 0.0929. The van der Waals surface area contributed by atoms with Gasteiger partial charge in [-0.05, 0) is 52.4 Å². The monoisotopic (exact) mass is 289 g/mol. The van der Waals surface area contributed by atoms with Crippen molar-refractivity contribution in [2.24, 2.45) is 0 Å². The number of piperidine rings is 1. The lowest BCUT2D eigenvalue weighted by atomic mass is 10.0. The van der Waals surface area contributed by atoms with Gasteiger partial charge in [0.25, 0.3) is 5.91 Å². The Kier molecular flexibility index (Phi) is 5.62. The average molecular weight is 289 g/mol. The Labute approximate surface area is 127 Å².